The summed E-state index contributed by atoms with van der Waals surface area (Å²) in [7, 11) is 0. The predicted octanol–water partition coefficient (Wildman–Crippen LogP) is 14.5. The Labute approximate surface area is 323 Å². The second kappa shape index (κ2) is 11.4. The second-order valence-corrected chi connectivity index (χ2v) is 16.8. The van der Waals surface area contributed by atoms with Gasteiger partial charge in [-0.1, -0.05) is 149 Å². The molecule has 1 nitrogen and oxygen atoms in total. The molecule has 0 saturated carbocycles. The highest BCUT2D eigenvalue weighted by Gasteiger charge is 2.36. The van der Waals surface area contributed by atoms with Gasteiger partial charge in [0.1, 0.15) is 0 Å². The zero-order valence-electron chi connectivity index (χ0n) is 32.0. The van der Waals surface area contributed by atoms with Crippen molar-refractivity contribution in [2.24, 2.45) is 0 Å². The maximum Gasteiger partial charge on any atom is 0.0705 e. The Morgan fingerprint density at radius 2 is 0.891 bits per heavy atom. The molecule has 0 radical (unpaired) electrons. The lowest BCUT2D eigenvalue weighted by Gasteiger charge is -2.23. The largest absolute Gasteiger partial charge is 0.253 e. The summed E-state index contributed by atoms with van der Waals surface area (Å²) in [5.41, 5.74) is 20.4. The van der Waals surface area contributed by atoms with Crippen molar-refractivity contribution in [1.82, 2.24) is 4.98 Å². The van der Waals surface area contributed by atoms with E-state index in [0.29, 0.717) is 0 Å². The fraction of sp³-hybridized carbons (Fsp3) is 0.130. The molecule has 2 aliphatic carbocycles. The van der Waals surface area contributed by atoms with Crippen molar-refractivity contribution in [2.75, 3.05) is 0 Å². The molecule has 0 spiro atoms. The zero-order valence-corrected chi connectivity index (χ0v) is 32.0. The van der Waals surface area contributed by atoms with Gasteiger partial charge < -0.3 is 0 Å². The molecule has 1 aromatic heterocycles. The third-order valence-electron chi connectivity index (χ3n) is 12.9. The number of hydrogen-bond donors (Lipinski definition) is 0. The highest BCUT2D eigenvalue weighted by atomic mass is 14.7. The molecule has 8 aromatic carbocycles. The Hall–Kier alpha value is -6.31. The first-order chi connectivity index (χ1) is 26.7. The van der Waals surface area contributed by atoms with Crippen molar-refractivity contribution >= 4 is 32.4 Å². The van der Waals surface area contributed by atoms with Crippen LogP contribution in [0.25, 0.3) is 88.1 Å². The summed E-state index contributed by atoms with van der Waals surface area (Å²) in [6.45, 7) is 11.5. The monoisotopic (exact) mass is 703 g/mol. The van der Waals surface area contributed by atoms with Crippen molar-refractivity contribution < 1.29 is 0 Å². The Morgan fingerprint density at radius 3 is 1.65 bits per heavy atom. The molecule has 1 heteroatoms. The normalized spacial score (nSPS) is 14.6. The average Bonchev–Trinajstić information content (AvgIpc) is 3.58. The van der Waals surface area contributed by atoms with Crippen LogP contribution in [-0.2, 0) is 10.8 Å². The Balaban J connectivity index is 1.20. The molecule has 0 fully saturated rings. The van der Waals surface area contributed by atoms with E-state index >= 15 is 0 Å². The van der Waals surface area contributed by atoms with E-state index in [1.54, 1.807) is 0 Å². The first kappa shape index (κ1) is 32.1. The molecule has 0 unspecified atom stereocenters. The number of fused-ring (bicyclic) bond motifs is 9. The van der Waals surface area contributed by atoms with Crippen LogP contribution >= 0.6 is 0 Å². The van der Waals surface area contributed by atoms with E-state index in [1.165, 1.54) is 99.4 Å². The quantitative estimate of drug-likeness (QED) is 0.167. The van der Waals surface area contributed by atoms with Crippen LogP contribution in [0.5, 0.6) is 0 Å². The standard InChI is InChI=1S/C54H41N/c1-32-18-19-35-28-36(23-27-50(35)55-32)51-41-14-6-7-15-42(41)52(37-22-26-48-44(30-37)39-13-9-11-17-47(39)53(48,2)3)45-29-33(21-25-43(45)51)34-20-24-40-38-12-8-10-16-46(38)54(4,5)49(40)31-34/h6-31H,1-5H3. The number of hydrogen-bond acceptors (Lipinski definition) is 1. The fourth-order valence-electron chi connectivity index (χ4n) is 10.1. The minimum atomic E-state index is -0.0642. The van der Waals surface area contributed by atoms with Crippen molar-refractivity contribution in [3.05, 3.63) is 186 Å². The van der Waals surface area contributed by atoms with Gasteiger partial charge in [0.05, 0.1) is 5.52 Å². The molecular formula is C54H41N. The Kier molecular flexibility index (Phi) is 6.64. The van der Waals surface area contributed by atoms with Gasteiger partial charge in [-0.15, -0.1) is 0 Å². The summed E-state index contributed by atoms with van der Waals surface area (Å²) in [4.78, 5) is 4.84. The Bertz CT molecular complexity index is 3100. The molecule has 0 bridgehead atoms. The molecule has 0 amide bonds. The molecule has 2 aliphatic rings. The molecule has 262 valence electrons. The van der Waals surface area contributed by atoms with Crippen molar-refractivity contribution in [3.63, 3.8) is 0 Å². The zero-order chi connectivity index (χ0) is 37.2. The molecule has 0 atom stereocenters. The Morgan fingerprint density at radius 1 is 0.364 bits per heavy atom. The van der Waals surface area contributed by atoms with Crippen LogP contribution in [0, 0.1) is 6.92 Å². The summed E-state index contributed by atoms with van der Waals surface area (Å²) in [5, 5.41) is 6.20. The first-order valence-electron chi connectivity index (χ1n) is 19.5. The SMILES string of the molecule is Cc1ccc2cc(-c3c4ccccc4c(-c4ccc5c(c4)-c4ccccc4C5(C)C)c4cc(-c5ccc6c(c5)C(C)(C)c5ccccc5-6)ccc34)ccc2n1. The number of rotatable bonds is 3. The van der Waals surface area contributed by atoms with E-state index < -0.39 is 0 Å². The maximum absolute atomic E-state index is 4.84. The summed E-state index contributed by atoms with van der Waals surface area (Å²) in [5.74, 6) is 0. The summed E-state index contributed by atoms with van der Waals surface area (Å²) < 4.78 is 0. The van der Waals surface area contributed by atoms with Gasteiger partial charge in [0.2, 0.25) is 0 Å². The topological polar surface area (TPSA) is 12.9 Å². The van der Waals surface area contributed by atoms with Crippen molar-refractivity contribution in [2.45, 2.75) is 45.4 Å². The molecule has 1 heterocycles. The molecule has 0 aliphatic heterocycles. The van der Waals surface area contributed by atoms with E-state index in [1.807, 2.05) is 0 Å². The number of aryl methyl sites for hydroxylation is 1. The number of pyridine rings is 1. The second-order valence-electron chi connectivity index (χ2n) is 16.8. The lowest BCUT2D eigenvalue weighted by Crippen LogP contribution is -2.14. The molecule has 55 heavy (non-hydrogen) atoms. The van der Waals surface area contributed by atoms with Crippen molar-refractivity contribution in [1.29, 1.82) is 0 Å². The molecule has 11 rings (SSSR count). The summed E-state index contributed by atoms with van der Waals surface area (Å²) in [6, 6.07) is 59.5. The molecular weight excluding hydrogens is 663 g/mol. The first-order valence-corrected chi connectivity index (χ1v) is 19.5. The predicted molar refractivity (Wildman–Crippen MR) is 233 cm³/mol. The highest BCUT2D eigenvalue weighted by molar-refractivity contribution is 6.22. The lowest BCUT2D eigenvalue weighted by molar-refractivity contribution is 0.660. The van der Waals surface area contributed by atoms with E-state index in [4.69, 9.17) is 4.98 Å². The molecule has 0 saturated heterocycles. The summed E-state index contributed by atoms with van der Waals surface area (Å²) >= 11 is 0. The number of benzene rings is 8. The van der Waals surface area contributed by atoms with E-state index in [0.717, 1.165) is 16.6 Å². The third-order valence-corrected chi connectivity index (χ3v) is 12.9. The molecule has 9 aromatic rings. The summed E-state index contributed by atoms with van der Waals surface area (Å²) in [6.07, 6.45) is 0. The van der Waals surface area contributed by atoms with E-state index in [9.17, 15) is 0 Å². The van der Waals surface area contributed by atoms with Crippen LogP contribution < -0.4 is 0 Å². The van der Waals surface area contributed by atoms with Crippen LogP contribution in [0.3, 0.4) is 0 Å². The number of nitrogens with zero attached hydrogens (tertiary/aromatic N) is 1. The third kappa shape index (κ3) is 4.56. The van der Waals surface area contributed by atoms with Crippen LogP contribution in [0.4, 0.5) is 0 Å². The van der Waals surface area contributed by atoms with E-state index in [-0.39, 0.29) is 10.8 Å². The smallest absolute Gasteiger partial charge is 0.0705 e. The minimum absolute atomic E-state index is 0.0455. The van der Waals surface area contributed by atoms with Gasteiger partial charge in [-0.3, -0.25) is 4.98 Å². The van der Waals surface area contributed by atoms with Gasteiger partial charge in [-0.25, -0.2) is 0 Å². The van der Waals surface area contributed by atoms with Crippen molar-refractivity contribution in [3.8, 4) is 55.6 Å². The highest BCUT2D eigenvalue weighted by Crippen LogP contribution is 2.53. The maximum atomic E-state index is 4.84. The average molecular weight is 704 g/mol. The van der Waals surface area contributed by atoms with Gasteiger partial charge in [0, 0.05) is 21.9 Å². The van der Waals surface area contributed by atoms with Gasteiger partial charge >= 0.3 is 0 Å². The fourth-order valence-corrected chi connectivity index (χ4v) is 10.1. The van der Waals surface area contributed by atoms with Gasteiger partial charge in [0.15, 0.2) is 0 Å². The van der Waals surface area contributed by atoms with Crippen LogP contribution in [0.15, 0.2) is 158 Å². The number of aromatic nitrogens is 1. The van der Waals surface area contributed by atoms with Gasteiger partial charge in [-0.2, -0.15) is 0 Å². The van der Waals surface area contributed by atoms with Crippen LogP contribution in [-0.4, -0.2) is 4.98 Å². The lowest BCUT2D eigenvalue weighted by atomic mass is 9.80. The van der Waals surface area contributed by atoms with E-state index in [2.05, 4.69) is 192 Å². The van der Waals surface area contributed by atoms with Gasteiger partial charge in [-0.05, 0) is 143 Å². The van der Waals surface area contributed by atoms with Gasteiger partial charge in [0.25, 0.3) is 0 Å². The molecule has 0 N–H and O–H groups in total. The van der Waals surface area contributed by atoms with Crippen LogP contribution in [0.1, 0.15) is 55.6 Å². The minimum Gasteiger partial charge on any atom is -0.253 e. The van der Waals surface area contributed by atoms with Crippen LogP contribution in [0.2, 0.25) is 0 Å².